The molecule has 0 aliphatic heterocycles. The minimum atomic E-state index is -0.812. The molecule has 0 bridgehead atoms. The van der Waals surface area contributed by atoms with E-state index in [-0.39, 0.29) is 28.2 Å². The Morgan fingerprint density at radius 3 is 2.68 bits per heavy atom. The summed E-state index contributed by atoms with van der Waals surface area (Å²) in [7, 11) is 0. The number of anilines is 1. The number of hydrogen-bond acceptors (Lipinski definition) is 8. The number of nitrogen functional groups attached to an aromatic ring is 1. The van der Waals surface area contributed by atoms with Gasteiger partial charge in [-0.05, 0) is 30.7 Å². The van der Waals surface area contributed by atoms with Gasteiger partial charge in [0.25, 0.3) is 10.8 Å². The molecule has 2 aromatic heterocycles. The molecule has 0 saturated heterocycles. The number of aromatic nitrogens is 4. The number of benzene rings is 1. The van der Waals surface area contributed by atoms with E-state index < -0.39 is 17.0 Å². The number of thioether (sulfide) groups is 1. The molecule has 3 aromatic rings. The molecule has 0 fully saturated rings. The zero-order valence-electron chi connectivity index (χ0n) is 14.8. The zero-order valence-corrected chi connectivity index (χ0v) is 16.3. The summed E-state index contributed by atoms with van der Waals surface area (Å²) in [4.78, 5) is 38.5. The third kappa shape index (κ3) is 4.18. The summed E-state index contributed by atoms with van der Waals surface area (Å²) in [6.07, 6.45) is 0.619. The lowest BCUT2D eigenvalue weighted by Crippen LogP contribution is -2.36. The molecule has 11 heteroatoms. The van der Waals surface area contributed by atoms with Gasteiger partial charge >= 0.3 is 5.69 Å². The number of Topliss-reactive ketones (excluding diaryl/α,β-unsaturated/α-hetero) is 1. The van der Waals surface area contributed by atoms with Crippen LogP contribution in [0.25, 0.3) is 11.5 Å². The minimum absolute atomic E-state index is 0.145. The maximum absolute atomic E-state index is 12.5. The number of carbonyl (C=O) groups excluding carboxylic acids is 1. The highest BCUT2D eigenvalue weighted by molar-refractivity contribution is 7.99. The van der Waals surface area contributed by atoms with Gasteiger partial charge < -0.3 is 10.2 Å². The molecular weight excluding hydrogens is 406 g/mol. The van der Waals surface area contributed by atoms with Crippen molar-refractivity contribution in [2.75, 3.05) is 11.5 Å². The summed E-state index contributed by atoms with van der Waals surface area (Å²) in [5.74, 6) is -0.561. The second kappa shape index (κ2) is 8.44. The van der Waals surface area contributed by atoms with Crippen LogP contribution in [0.3, 0.4) is 0 Å². The van der Waals surface area contributed by atoms with Crippen LogP contribution < -0.4 is 17.0 Å². The Morgan fingerprint density at radius 1 is 1.29 bits per heavy atom. The van der Waals surface area contributed by atoms with Gasteiger partial charge in [-0.1, -0.05) is 30.3 Å². The van der Waals surface area contributed by atoms with Crippen molar-refractivity contribution in [3.05, 3.63) is 55.7 Å². The maximum atomic E-state index is 12.5. The predicted octanol–water partition coefficient (Wildman–Crippen LogP) is 2.21. The summed E-state index contributed by atoms with van der Waals surface area (Å²) >= 11 is 6.82. The number of rotatable bonds is 7. The van der Waals surface area contributed by atoms with Crippen molar-refractivity contribution in [2.24, 2.45) is 0 Å². The van der Waals surface area contributed by atoms with Crippen molar-refractivity contribution in [2.45, 2.75) is 25.1 Å². The summed E-state index contributed by atoms with van der Waals surface area (Å²) < 4.78 is 6.68. The molecule has 0 saturated carbocycles. The monoisotopic (exact) mass is 421 g/mol. The lowest BCUT2D eigenvalue weighted by atomic mass is 10.2. The molecule has 0 aliphatic rings. The lowest BCUT2D eigenvalue weighted by Gasteiger charge is -2.10. The van der Waals surface area contributed by atoms with Gasteiger partial charge in [-0.25, -0.2) is 4.79 Å². The van der Waals surface area contributed by atoms with Crippen molar-refractivity contribution >= 4 is 35.0 Å². The first-order valence-electron chi connectivity index (χ1n) is 8.28. The third-order valence-corrected chi connectivity index (χ3v) is 4.86. The number of nitrogens with zero attached hydrogens (tertiary/aromatic N) is 3. The SMILES string of the molecule is CCCn1c(N)c(C(=O)CSc2nnc(-c3ccc(Cl)cc3)o2)c(=O)[nH]c1=O. The molecule has 0 radical (unpaired) electrons. The highest BCUT2D eigenvalue weighted by Gasteiger charge is 2.20. The molecule has 0 aliphatic carbocycles. The Bertz CT molecular complexity index is 1120. The summed E-state index contributed by atoms with van der Waals surface area (Å²) in [5.41, 5.74) is 4.86. The van der Waals surface area contributed by atoms with E-state index >= 15 is 0 Å². The van der Waals surface area contributed by atoms with Crippen LogP contribution in [0.5, 0.6) is 0 Å². The third-order valence-electron chi connectivity index (χ3n) is 3.79. The van der Waals surface area contributed by atoms with Crippen LogP contribution in [0.4, 0.5) is 5.82 Å². The number of hydrogen-bond donors (Lipinski definition) is 2. The van der Waals surface area contributed by atoms with Crippen molar-refractivity contribution in [1.82, 2.24) is 19.7 Å². The van der Waals surface area contributed by atoms with Gasteiger partial charge in [0.05, 0.1) is 5.75 Å². The fourth-order valence-corrected chi connectivity index (χ4v) is 3.24. The molecule has 28 heavy (non-hydrogen) atoms. The first-order valence-corrected chi connectivity index (χ1v) is 9.65. The predicted molar refractivity (Wildman–Crippen MR) is 106 cm³/mol. The lowest BCUT2D eigenvalue weighted by molar-refractivity contribution is 0.102. The molecule has 0 spiro atoms. The van der Waals surface area contributed by atoms with E-state index in [1.165, 1.54) is 4.57 Å². The topological polar surface area (TPSA) is 137 Å². The maximum Gasteiger partial charge on any atom is 0.329 e. The molecule has 0 amide bonds. The van der Waals surface area contributed by atoms with Crippen LogP contribution >= 0.6 is 23.4 Å². The molecule has 146 valence electrons. The normalized spacial score (nSPS) is 10.9. The smallest absolute Gasteiger partial charge is 0.329 e. The fraction of sp³-hybridized carbons (Fsp3) is 0.235. The Hall–Kier alpha value is -2.85. The highest BCUT2D eigenvalue weighted by Crippen LogP contribution is 2.25. The van der Waals surface area contributed by atoms with Crippen LogP contribution in [0.2, 0.25) is 5.02 Å². The van der Waals surface area contributed by atoms with Gasteiger partial charge in [0.1, 0.15) is 11.4 Å². The Labute approximate surface area is 167 Å². The molecule has 3 N–H and O–H groups in total. The number of H-pyrrole nitrogens is 1. The van der Waals surface area contributed by atoms with E-state index in [1.807, 2.05) is 6.92 Å². The number of nitrogens with one attached hydrogen (secondary N) is 1. The number of carbonyl (C=O) groups is 1. The zero-order chi connectivity index (χ0) is 20.3. The number of nitrogens with two attached hydrogens (primary N) is 1. The molecule has 0 unspecified atom stereocenters. The van der Waals surface area contributed by atoms with Gasteiger partial charge in [0, 0.05) is 17.1 Å². The second-order valence-electron chi connectivity index (χ2n) is 5.76. The largest absolute Gasteiger partial charge is 0.411 e. The molecule has 0 atom stereocenters. The van der Waals surface area contributed by atoms with Crippen LogP contribution in [0.1, 0.15) is 23.7 Å². The minimum Gasteiger partial charge on any atom is -0.411 e. The van der Waals surface area contributed by atoms with Crippen molar-refractivity contribution < 1.29 is 9.21 Å². The van der Waals surface area contributed by atoms with E-state index in [1.54, 1.807) is 24.3 Å². The Morgan fingerprint density at radius 2 is 2.00 bits per heavy atom. The summed E-state index contributed by atoms with van der Waals surface area (Å²) in [6, 6.07) is 6.84. The first kappa shape index (κ1) is 19.9. The number of aromatic amines is 1. The van der Waals surface area contributed by atoms with Gasteiger partial charge in [-0.2, -0.15) is 0 Å². The van der Waals surface area contributed by atoms with E-state index in [2.05, 4.69) is 15.2 Å². The highest BCUT2D eigenvalue weighted by atomic mass is 35.5. The molecule has 3 rings (SSSR count). The van der Waals surface area contributed by atoms with Crippen molar-refractivity contribution in [1.29, 1.82) is 0 Å². The first-order chi connectivity index (χ1) is 13.4. The molecular formula is C17H16ClN5O4S. The Kier molecular flexibility index (Phi) is 6.00. The summed E-state index contributed by atoms with van der Waals surface area (Å²) in [5, 5.41) is 8.54. The van der Waals surface area contributed by atoms with E-state index in [9.17, 15) is 14.4 Å². The van der Waals surface area contributed by atoms with Gasteiger partial charge in [0.15, 0.2) is 5.78 Å². The van der Waals surface area contributed by atoms with Gasteiger partial charge in [0.2, 0.25) is 5.89 Å². The fourth-order valence-electron chi connectivity index (χ4n) is 2.48. The average Bonchev–Trinajstić information content (AvgIpc) is 3.13. The van der Waals surface area contributed by atoms with E-state index in [0.717, 1.165) is 11.8 Å². The molecule has 2 heterocycles. The quantitative estimate of drug-likeness (QED) is 0.437. The van der Waals surface area contributed by atoms with Gasteiger partial charge in [-0.3, -0.25) is 19.1 Å². The van der Waals surface area contributed by atoms with Crippen molar-refractivity contribution in [3.8, 4) is 11.5 Å². The standard InChI is InChI=1S/C17H16ClN5O4S/c1-2-7-23-13(19)12(14(25)20-16(23)26)11(24)8-28-17-22-21-15(27-17)9-3-5-10(18)6-4-9/h3-6H,2,7-8,19H2,1H3,(H,20,25,26). The molecule has 9 nitrogen and oxygen atoms in total. The van der Waals surface area contributed by atoms with Crippen LogP contribution in [0.15, 0.2) is 43.5 Å². The van der Waals surface area contributed by atoms with E-state index in [0.29, 0.717) is 23.6 Å². The van der Waals surface area contributed by atoms with Crippen LogP contribution in [-0.2, 0) is 6.54 Å². The van der Waals surface area contributed by atoms with E-state index in [4.69, 9.17) is 21.8 Å². The Balaban J connectivity index is 1.76. The number of halogens is 1. The van der Waals surface area contributed by atoms with Gasteiger partial charge in [-0.15, -0.1) is 10.2 Å². The molecule has 1 aromatic carbocycles. The second-order valence-corrected chi connectivity index (χ2v) is 7.13. The summed E-state index contributed by atoms with van der Waals surface area (Å²) in [6.45, 7) is 2.14. The van der Waals surface area contributed by atoms with Crippen LogP contribution in [0, 0.1) is 0 Å². The van der Waals surface area contributed by atoms with Crippen molar-refractivity contribution in [3.63, 3.8) is 0 Å². The number of ketones is 1. The average molecular weight is 422 g/mol. The van der Waals surface area contributed by atoms with Crippen LogP contribution in [-0.4, -0.2) is 31.3 Å².